The van der Waals surface area contributed by atoms with Gasteiger partial charge in [0.15, 0.2) is 0 Å². The fourth-order valence-corrected chi connectivity index (χ4v) is 2.30. The maximum Gasteiger partial charge on any atom is 0.248 e. The van der Waals surface area contributed by atoms with Gasteiger partial charge in [-0.3, -0.25) is 4.79 Å². The molecule has 17 heavy (non-hydrogen) atoms. The second-order valence-electron chi connectivity index (χ2n) is 4.13. The van der Waals surface area contributed by atoms with E-state index in [-0.39, 0.29) is 0 Å². The maximum absolute atomic E-state index is 11.0. The van der Waals surface area contributed by atoms with E-state index in [0.717, 1.165) is 25.3 Å². The Morgan fingerprint density at radius 2 is 2.29 bits per heavy atom. The van der Waals surface area contributed by atoms with E-state index in [0.29, 0.717) is 16.6 Å². The zero-order chi connectivity index (χ0) is 12.4. The number of hydrogen-bond acceptors (Lipinski definition) is 3. The molecule has 0 aromatic heterocycles. The molecule has 0 radical (unpaired) electrons. The number of rotatable bonds is 4. The molecule has 92 valence electrons. The Morgan fingerprint density at radius 1 is 1.59 bits per heavy atom. The highest BCUT2D eigenvalue weighted by Gasteiger charge is 2.25. The van der Waals surface area contributed by atoms with Crippen LogP contribution in [0.4, 0.5) is 5.69 Å². The number of halogens is 1. The first-order chi connectivity index (χ1) is 8.13. The minimum atomic E-state index is -0.452. The van der Waals surface area contributed by atoms with Crippen LogP contribution < -0.4 is 16.0 Å². The molecule has 5 heteroatoms. The molecule has 1 aliphatic heterocycles. The van der Waals surface area contributed by atoms with Gasteiger partial charge in [0.1, 0.15) is 0 Å². The molecular formula is C12H16ClN3O. The Balaban J connectivity index is 2.27. The van der Waals surface area contributed by atoms with Gasteiger partial charge in [-0.05, 0) is 25.1 Å². The summed E-state index contributed by atoms with van der Waals surface area (Å²) in [6.45, 7) is 4.93. The molecule has 0 unspecified atom stereocenters. The number of carbonyl (C=O) groups is 1. The van der Waals surface area contributed by atoms with Gasteiger partial charge in [-0.15, -0.1) is 0 Å². The van der Waals surface area contributed by atoms with Crippen LogP contribution in [0.5, 0.6) is 0 Å². The molecule has 4 nitrogen and oxygen atoms in total. The van der Waals surface area contributed by atoms with Gasteiger partial charge in [0.05, 0.1) is 16.8 Å². The maximum atomic E-state index is 11.0. The lowest BCUT2D eigenvalue weighted by Gasteiger charge is -2.39. The zero-order valence-corrected chi connectivity index (χ0v) is 10.5. The molecular weight excluding hydrogens is 238 g/mol. The predicted molar refractivity (Wildman–Crippen MR) is 69.6 cm³/mol. The largest absolute Gasteiger partial charge is 0.366 e. The monoisotopic (exact) mass is 253 g/mol. The van der Waals surface area contributed by atoms with Gasteiger partial charge in [-0.25, -0.2) is 0 Å². The number of nitrogens with one attached hydrogen (secondary N) is 1. The van der Waals surface area contributed by atoms with Crippen LogP contribution in [0.1, 0.15) is 17.3 Å². The highest BCUT2D eigenvalue weighted by molar-refractivity contribution is 6.33. The summed E-state index contributed by atoms with van der Waals surface area (Å²) in [6, 6.07) is 5.70. The Morgan fingerprint density at radius 3 is 2.71 bits per heavy atom. The summed E-state index contributed by atoms with van der Waals surface area (Å²) in [7, 11) is 0. The average Bonchev–Trinajstić information content (AvgIpc) is 2.23. The summed E-state index contributed by atoms with van der Waals surface area (Å²) in [5.41, 5.74) is 6.63. The van der Waals surface area contributed by atoms with Crippen LogP contribution in [0.2, 0.25) is 5.02 Å². The van der Waals surface area contributed by atoms with Crippen molar-refractivity contribution in [3.63, 3.8) is 0 Å². The molecule has 0 spiro atoms. The normalized spacial score (nSPS) is 15.4. The first-order valence-electron chi connectivity index (χ1n) is 5.70. The highest BCUT2D eigenvalue weighted by Crippen LogP contribution is 2.29. The average molecular weight is 254 g/mol. The topological polar surface area (TPSA) is 58.4 Å². The van der Waals surface area contributed by atoms with E-state index in [9.17, 15) is 4.79 Å². The number of nitrogens with two attached hydrogens (primary N) is 1. The first-order valence-corrected chi connectivity index (χ1v) is 6.08. The number of carbonyl (C=O) groups excluding carboxylic acids is 1. The minimum absolute atomic E-state index is 0.446. The van der Waals surface area contributed by atoms with Gasteiger partial charge in [0.25, 0.3) is 0 Å². The fraction of sp³-hybridized carbons (Fsp3) is 0.417. The van der Waals surface area contributed by atoms with Crippen LogP contribution >= 0.6 is 11.6 Å². The second-order valence-corrected chi connectivity index (χ2v) is 4.54. The molecule has 1 saturated heterocycles. The number of primary amides is 1. The fourth-order valence-electron chi connectivity index (χ4n) is 2.01. The molecule has 0 bridgehead atoms. The molecule has 2 rings (SSSR count). The third-order valence-electron chi connectivity index (χ3n) is 3.08. The first kappa shape index (κ1) is 12.2. The number of hydrogen-bond donors (Lipinski definition) is 2. The van der Waals surface area contributed by atoms with E-state index in [1.807, 2.05) is 6.07 Å². The molecule has 0 atom stereocenters. The molecule has 1 aromatic rings. The molecule has 0 saturated carbocycles. The zero-order valence-electron chi connectivity index (χ0n) is 9.74. The number of nitrogens with zero attached hydrogens (tertiary/aromatic N) is 1. The SMILES string of the molecule is CCN(c1ccc(C(N)=O)cc1Cl)C1CNC1. The van der Waals surface area contributed by atoms with Crippen LogP contribution in [0.25, 0.3) is 0 Å². The lowest BCUT2D eigenvalue weighted by molar-refractivity contribution is 0.100. The van der Waals surface area contributed by atoms with Crippen molar-refractivity contribution < 1.29 is 4.79 Å². The Bertz CT molecular complexity index is 432. The minimum Gasteiger partial charge on any atom is -0.366 e. The van der Waals surface area contributed by atoms with E-state index >= 15 is 0 Å². The van der Waals surface area contributed by atoms with Crippen molar-refractivity contribution >= 4 is 23.2 Å². The summed E-state index contributed by atoms with van der Waals surface area (Å²) in [6.07, 6.45) is 0. The summed E-state index contributed by atoms with van der Waals surface area (Å²) >= 11 is 6.20. The lowest BCUT2D eigenvalue weighted by atomic mass is 10.1. The van der Waals surface area contributed by atoms with E-state index < -0.39 is 5.91 Å². The quantitative estimate of drug-likeness (QED) is 0.849. The van der Waals surface area contributed by atoms with E-state index in [1.165, 1.54) is 0 Å². The van der Waals surface area contributed by atoms with Gasteiger partial charge in [-0.2, -0.15) is 0 Å². The third-order valence-corrected chi connectivity index (χ3v) is 3.39. The molecule has 1 heterocycles. The lowest BCUT2D eigenvalue weighted by Crippen LogP contribution is -2.57. The Labute approximate surface area is 106 Å². The van der Waals surface area contributed by atoms with Gasteiger partial charge in [-0.1, -0.05) is 11.6 Å². The van der Waals surface area contributed by atoms with Gasteiger partial charge >= 0.3 is 0 Å². The standard InChI is InChI=1S/C12H16ClN3O/c1-2-16(9-6-15-7-9)11-4-3-8(12(14)17)5-10(11)13/h3-5,9,15H,2,6-7H2,1H3,(H2,14,17). The van der Waals surface area contributed by atoms with Crippen LogP contribution in [0.15, 0.2) is 18.2 Å². The number of likely N-dealkylation sites (N-methyl/N-ethyl adjacent to an activating group) is 1. The summed E-state index contributed by atoms with van der Waals surface area (Å²) in [5.74, 6) is -0.452. The van der Waals surface area contributed by atoms with Crippen LogP contribution in [-0.4, -0.2) is 31.6 Å². The molecule has 1 aliphatic rings. The predicted octanol–water partition coefficient (Wildman–Crippen LogP) is 1.24. The van der Waals surface area contributed by atoms with Crippen molar-refractivity contribution in [3.05, 3.63) is 28.8 Å². The van der Waals surface area contributed by atoms with Gasteiger partial charge < -0.3 is 16.0 Å². The molecule has 3 N–H and O–H groups in total. The van der Waals surface area contributed by atoms with Crippen LogP contribution in [0.3, 0.4) is 0 Å². The number of anilines is 1. The number of amides is 1. The molecule has 1 aromatic carbocycles. The Hall–Kier alpha value is -1.26. The molecule has 1 fully saturated rings. The highest BCUT2D eigenvalue weighted by atomic mass is 35.5. The number of benzene rings is 1. The summed E-state index contributed by atoms with van der Waals surface area (Å²) < 4.78 is 0. The van der Waals surface area contributed by atoms with Crippen molar-refractivity contribution in [3.8, 4) is 0 Å². The van der Waals surface area contributed by atoms with Crippen molar-refractivity contribution in [2.75, 3.05) is 24.5 Å². The molecule has 1 amide bonds. The van der Waals surface area contributed by atoms with Crippen molar-refractivity contribution in [2.45, 2.75) is 13.0 Å². The van der Waals surface area contributed by atoms with Gasteiger partial charge in [0.2, 0.25) is 5.91 Å². The van der Waals surface area contributed by atoms with E-state index in [1.54, 1.807) is 12.1 Å². The summed E-state index contributed by atoms with van der Waals surface area (Å²) in [5, 5.41) is 3.81. The van der Waals surface area contributed by atoms with E-state index in [4.69, 9.17) is 17.3 Å². The smallest absolute Gasteiger partial charge is 0.248 e. The third kappa shape index (κ3) is 2.37. The van der Waals surface area contributed by atoms with Crippen molar-refractivity contribution in [1.29, 1.82) is 0 Å². The Kier molecular flexibility index (Phi) is 3.54. The van der Waals surface area contributed by atoms with Crippen molar-refractivity contribution in [2.24, 2.45) is 5.73 Å². The van der Waals surface area contributed by atoms with Crippen LogP contribution in [-0.2, 0) is 0 Å². The van der Waals surface area contributed by atoms with Gasteiger partial charge in [0, 0.05) is 25.2 Å². The second kappa shape index (κ2) is 4.94. The molecule has 0 aliphatic carbocycles. The summed E-state index contributed by atoms with van der Waals surface area (Å²) in [4.78, 5) is 13.3. The van der Waals surface area contributed by atoms with E-state index in [2.05, 4.69) is 17.1 Å². The van der Waals surface area contributed by atoms with Crippen molar-refractivity contribution in [1.82, 2.24) is 5.32 Å². The van der Waals surface area contributed by atoms with Crippen LogP contribution in [0, 0.1) is 0 Å².